The van der Waals surface area contributed by atoms with Gasteiger partial charge in [-0.2, -0.15) is 4.99 Å². The number of hydrogen-bond donors (Lipinski definition) is 1. The number of phenols is 1. The topological polar surface area (TPSA) is 49.7 Å². The van der Waals surface area contributed by atoms with Crippen molar-refractivity contribution in [2.45, 2.75) is 44.1 Å². The fourth-order valence-corrected chi connectivity index (χ4v) is 2.79. The van der Waals surface area contributed by atoms with Gasteiger partial charge in [0.25, 0.3) is 0 Å². The molecule has 1 saturated carbocycles. The van der Waals surface area contributed by atoms with Gasteiger partial charge < -0.3 is 5.11 Å². The number of nitrogens with zero attached hydrogens (tertiary/aromatic N) is 1. The Morgan fingerprint density at radius 1 is 1.18 bits per heavy atom. The highest BCUT2D eigenvalue weighted by Gasteiger charge is 2.47. The Morgan fingerprint density at radius 2 is 1.82 bits per heavy atom. The van der Waals surface area contributed by atoms with E-state index in [2.05, 4.69) is 11.1 Å². The van der Waals surface area contributed by atoms with Gasteiger partial charge in [0.15, 0.2) is 0 Å². The minimum atomic E-state index is -0.460. The number of fused-ring (bicyclic) bond motifs is 1. The molecule has 0 aromatic heterocycles. The Morgan fingerprint density at radius 3 is 2.41 bits per heavy atom. The zero-order valence-electron chi connectivity index (χ0n) is 9.70. The summed E-state index contributed by atoms with van der Waals surface area (Å²) in [4.78, 5) is 14.3. The SMILES string of the molecule is O=C=NC1(c2cc3c(cc2O)CCCC3)CC1. The molecule has 3 heteroatoms. The first-order chi connectivity index (χ1) is 8.25. The summed E-state index contributed by atoms with van der Waals surface area (Å²) in [6, 6.07) is 3.92. The number of carbonyl (C=O) groups excluding carboxylic acids is 1. The maximum Gasteiger partial charge on any atom is 0.235 e. The predicted molar refractivity (Wildman–Crippen MR) is 63.8 cm³/mol. The van der Waals surface area contributed by atoms with Gasteiger partial charge in [-0.25, -0.2) is 4.79 Å². The molecule has 3 rings (SSSR count). The predicted octanol–water partition coefficient (Wildman–Crippen LogP) is 2.60. The van der Waals surface area contributed by atoms with E-state index in [1.807, 2.05) is 6.07 Å². The fourth-order valence-electron chi connectivity index (χ4n) is 2.79. The summed E-state index contributed by atoms with van der Waals surface area (Å²) in [5, 5.41) is 10.1. The minimum absolute atomic E-state index is 0.294. The highest BCUT2D eigenvalue weighted by atomic mass is 16.3. The summed E-state index contributed by atoms with van der Waals surface area (Å²) in [6.45, 7) is 0. The average Bonchev–Trinajstić information content (AvgIpc) is 3.09. The zero-order valence-corrected chi connectivity index (χ0v) is 9.70. The van der Waals surface area contributed by atoms with Crippen LogP contribution in [0.3, 0.4) is 0 Å². The van der Waals surface area contributed by atoms with E-state index in [4.69, 9.17) is 0 Å². The van der Waals surface area contributed by atoms with Crippen LogP contribution < -0.4 is 0 Å². The lowest BCUT2D eigenvalue weighted by Gasteiger charge is -2.19. The molecule has 17 heavy (non-hydrogen) atoms. The largest absolute Gasteiger partial charge is 0.508 e. The monoisotopic (exact) mass is 229 g/mol. The summed E-state index contributed by atoms with van der Waals surface area (Å²) in [6.07, 6.45) is 7.85. The average molecular weight is 229 g/mol. The number of aryl methyl sites for hydroxylation is 2. The third kappa shape index (κ3) is 1.67. The maximum atomic E-state index is 10.5. The van der Waals surface area contributed by atoms with Crippen molar-refractivity contribution in [2.24, 2.45) is 4.99 Å². The summed E-state index contributed by atoms with van der Waals surface area (Å²) in [5.74, 6) is 0.294. The second-order valence-corrected chi connectivity index (χ2v) is 5.08. The van der Waals surface area contributed by atoms with Crippen LogP contribution in [0.2, 0.25) is 0 Å². The number of benzene rings is 1. The molecule has 2 aliphatic carbocycles. The first-order valence-corrected chi connectivity index (χ1v) is 6.19. The van der Waals surface area contributed by atoms with Gasteiger partial charge in [0.1, 0.15) is 11.3 Å². The van der Waals surface area contributed by atoms with Crippen molar-refractivity contribution < 1.29 is 9.90 Å². The smallest absolute Gasteiger partial charge is 0.235 e. The number of rotatable bonds is 2. The zero-order chi connectivity index (χ0) is 11.9. The standard InChI is InChI=1S/C14H15NO2/c16-9-15-14(5-6-14)12-7-10-3-1-2-4-11(10)8-13(12)17/h7-8,17H,1-6H2. The quantitative estimate of drug-likeness (QED) is 0.626. The Bertz CT molecular complexity index is 511. The van der Waals surface area contributed by atoms with Crippen LogP contribution in [0.4, 0.5) is 0 Å². The van der Waals surface area contributed by atoms with Crippen LogP contribution in [0.15, 0.2) is 17.1 Å². The molecule has 1 aromatic rings. The molecule has 2 aliphatic rings. The van der Waals surface area contributed by atoms with Gasteiger partial charge in [0.05, 0.1) is 0 Å². The Kier molecular flexibility index (Phi) is 2.30. The highest BCUT2D eigenvalue weighted by Crippen LogP contribution is 2.52. The lowest BCUT2D eigenvalue weighted by atomic mass is 9.88. The van der Waals surface area contributed by atoms with E-state index in [0.29, 0.717) is 5.75 Å². The van der Waals surface area contributed by atoms with Crippen LogP contribution in [-0.4, -0.2) is 11.2 Å². The van der Waals surface area contributed by atoms with E-state index in [9.17, 15) is 9.90 Å². The van der Waals surface area contributed by atoms with Crippen molar-refractivity contribution in [3.05, 3.63) is 28.8 Å². The Labute approximate surface area is 100 Å². The van der Waals surface area contributed by atoms with E-state index in [1.165, 1.54) is 24.0 Å². The van der Waals surface area contributed by atoms with Crippen LogP contribution in [0.25, 0.3) is 0 Å². The molecule has 0 amide bonds. The Balaban J connectivity index is 2.08. The van der Waals surface area contributed by atoms with E-state index in [0.717, 1.165) is 31.2 Å². The van der Waals surface area contributed by atoms with Gasteiger partial charge in [-0.05, 0) is 61.8 Å². The van der Waals surface area contributed by atoms with Gasteiger partial charge in [0.2, 0.25) is 6.08 Å². The van der Waals surface area contributed by atoms with Crippen molar-refractivity contribution in [2.75, 3.05) is 0 Å². The molecule has 0 heterocycles. The molecule has 0 spiro atoms. The van der Waals surface area contributed by atoms with E-state index >= 15 is 0 Å². The highest BCUT2D eigenvalue weighted by molar-refractivity contribution is 5.51. The van der Waals surface area contributed by atoms with Crippen LogP contribution in [0.1, 0.15) is 42.4 Å². The molecule has 0 aliphatic heterocycles. The normalized spacial score (nSPS) is 20.2. The van der Waals surface area contributed by atoms with Crippen molar-refractivity contribution in [3.63, 3.8) is 0 Å². The molecule has 0 radical (unpaired) electrons. The fraction of sp³-hybridized carbons (Fsp3) is 0.500. The van der Waals surface area contributed by atoms with Crippen LogP contribution >= 0.6 is 0 Å². The molecule has 1 N–H and O–H groups in total. The van der Waals surface area contributed by atoms with Crippen molar-refractivity contribution in [1.29, 1.82) is 0 Å². The minimum Gasteiger partial charge on any atom is -0.508 e. The molecule has 0 unspecified atom stereocenters. The van der Waals surface area contributed by atoms with Gasteiger partial charge >= 0.3 is 0 Å². The molecule has 3 nitrogen and oxygen atoms in total. The number of aliphatic imine (C=N–C) groups is 1. The molecule has 0 bridgehead atoms. The molecule has 1 fully saturated rings. The Hall–Kier alpha value is -1.60. The summed E-state index contributed by atoms with van der Waals surface area (Å²) in [7, 11) is 0. The van der Waals surface area contributed by atoms with Crippen LogP contribution in [0, 0.1) is 0 Å². The molecule has 1 aromatic carbocycles. The van der Waals surface area contributed by atoms with E-state index in [-0.39, 0.29) is 0 Å². The second kappa shape index (κ2) is 3.71. The van der Waals surface area contributed by atoms with Gasteiger partial charge in [0, 0.05) is 5.56 Å². The van der Waals surface area contributed by atoms with Gasteiger partial charge in [-0.1, -0.05) is 0 Å². The number of aromatic hydroxyl groups is 1. The van der Waals surface area contributed by atoms with E-state index < -0.39 is 5.54 Å². The first-order valence-electron chi connectivity index (χ1n) is 6.19. The molecule has 0 saturated heterocycles. The lowest BCUT2D eigenvalue weighted by molar-refractivity contribution is 0.457. The van der Waals surface area contributed by atoms with Crippen molar-refractivity contribution >= 4 is 6.08 Å². The van der Waals surface area contributed by atoms with Crippen molar-refractivity contribution in [1.82, 2.24) is 0 Å². The maximum absolute atomic E-state index is 10.5. The molecule has 0 atom stereocenters. The van der Waals surface area contributed by atoms with Gasteiger partial charge in [-0.3, -0.25) is 0 Å². The number of isocyanates is 1. The lowest BCUT2D eigenvalue weighted by Crippen LogP contribution is -2.08. The number of phenolic OH excluding ortho intramolecular Hbond substituents is 1. The summed E-state index contributed by atoms with van der Waals surface area (Å²) >= 11 is 0. The molecular formula is C14H15NO2. The van der Waals surface area contributed by atoms with Crippen LogP contribution in [0.5, 0.6) is 5.75 Å². The van der Waals surface area contributed by atoms with Crippen molar-refractivity contribution in [3.8, 4) is 5.75 Å². The first kappa shape index (κ1) is 10.5. The third-order valence-corrected chi connectivity index (χ3v) is 3.94. The van der Waals surface area contributed by atoms with E-state index in [1.54, 1.807) is 6.08 Å². The number of hydrogen-bond acceptors (Lipinski definition) is 3. The molecule has 88 valence electrons. The summed E-state index contributed by atoms with van der Waals surface area (Å²) in [5.41, 5.74) is 2.93. The van der Waals surface area contributed by atoms with Gasteiger partial charge in [-0.15, -0.1) is 0 Å². The molecular weight excluding hydrogens is 214 g/mol. The third-order valence-electron chi connectivity index (χ3n) is 3.94. The second-order valence-electron chi connectivity index (χ2n) is 5.08. The van der Waals surface area contributed by atoms with Crippen LogP contribution in [-0.2, 0) is 23.2 Å². The summed E-state index contributed by atoms with van der Waals surface area (Å²) < 4.78 is 0.